The van der Waals surface area contributed by atoms with Crippen molar-refractivity contribution in [3.05, 3.63) is 24.3 Å². The zero-order valence-electron chi connectivity index (χ0n) is 12.5. The van der Waals surface area contributed by atoms with Crippen LogP contribution in [0.15, 0.2) is 29.2 Å². The number of rotatable bonds is 7. The molecule has 1 aliphatic rings. The normalized spacial score (nSPS) is 16.7. The summed E-state index contributed by atoms with van der Waals surface area (Å²) >= 11 is 0. The van der Waals surface area contributed by atoms with Crippen molar-refractivity contribution in [2.75, 3.05) is 26.2 Å². The van der Waals surface area contributed by atoms with Crippen LogP contribution in [0, 0.1) is 0 Å². The van der Waals surface area contributed by atoms with E-state index in [0.29, 0.717) is 13.0 Å². The average molecular weight is 352 g/mol. The van der Waals surface area contributed by atoms with Gasteiger partial charge >= 0.3 is 6.36 Å². The maximum absolute atomic E-state index is 12.1. The molecule has 0 spiro atoms. The first kappa shape index (κ1) is 18.0. The summed E-state index contributed by atoms with van der Waals surface area (Å²) in [4.78, 5) is 2.19. The SMILES string of the molecule is O=S(=O)(NCCCN1CCCC1)c1ccc(OC(F)(F)F)cc1. The van der Waals surface area contributed by atoms with Gasteiger partial charge in [0, 0.05) is 6.54 Å². The third-order valence-electron chi connectivity index (χ3n) is 3.51. The van der Waals surface area contributed by atoms with Gasteiger partial charge in [0.25, 0.3) is 0 Å². The molecular formula is C14H19F3N2O3S. The number of alkyl halides is 3. The lowest BCUT2D eigenvalue weighted by molar-refractivity contribution is -0.274. The number of ether oxygens (including phenoxy) is 1. The average Bonchev–Trinajstić information content (AvgIpc) is 2.96. The number of likely N-dealkylation sites (tertiary alicyclic amines) is 1. The third-order valence-corrected chi connectivity index (χ3v) is 4.99. The Morgan fingerprint density at radius 3 is 2.30 bits per heavy atom. The highest BCUT2D eigenvalue weighted by Gasteiger charge is 2.31. The molecule has 0 saturated carbocycles. The van der Waals surface area contributed by atoms with Crippen molar-refractivity contribution in [1.29, 1.82) is 0 Å². The number of nitrogens with one attached hydrogen (secondary N) is 1. The Kier molecular flexibility index (Phi) is 5.88. The number of nitrogens with zero attached hydrogens (tertiary/aromatic N) is 1. The van der Waals surface area contributed by atoms with Crippen molar-refractivity contribution in [2.24, 2.45) is 0 Å². The van der Waals surface area contributed by atoms with Gasteiger partial charge in [-0.2, -0.15) is 0 Å². The second-order valence-corrected chi connectivity index (χ2v) is 7.09. The predicted octanol–water partition coefficient (Wildman–Crippen LogP) is 2.35. The topological polar surface area (TPSA) is 58.6 Å². The molecule has 0 aliphatic carbocycles. The third kappa shape index (κ3) is 6.00. The standard InChI is InChI=1S/C14H19F3N2O3S/c15-14(16,17)22-12-4-6-13(7-5-12)23(20,21)18-8-3-11-19-9-1-2-10-19/h4-7,18H,1-3,8-11H2. The van der Waals surface area contributed by atoms with Crippen molar-refractivity contribution >= 4 is 10.0 Å². The van der Waals surface area contributed by atoms with Crippen LogP contribution in [0.4, 0.5) is 13.2 Å². The number of hydrogen-bond acceptors (Lipinski definition) is 4. The van der Waals surface area contributed by atoms with E-state index in [9.17, 15) is 21.6 Å². The van der Waals surface area contributed by atoms with Gasteiger partial charge in [-0.25, -0.2) is 13.1 Å². The Labute approximate surface area is 133 Å². The van der Waals surface area contributed by atoms with E-state index >= 15 is 0 Å². The molecule has 1 aliphatic heterocycles. The van der Waals surface area contributed by atoms with Crippen molar-refractivity contribution in [2.45, 2.75) is 30.5 Å². The summed E-state index contributed by atoms with van der Waals surface area (Å²) in [7, 11) is -3.72. The number of sulfonamides is 1. The Balaban J connectivity index is 1.83. The summed E-state index contributed by atoms with van der Waals surface area (Å²) in [5, 5.41) is 0. The van der Waals surface area contributed by atoms with Crippen LogP contribution in [0.2, 0.25) is 0 Å². The molecule has 1 N–H and O–H groups in total. The lowest BCUT2D eigenvalue weighted by Crippen LogP contribution is -2.28. The predicted molar refractivity (Wildman–Crippen MR) is 78.6 cm³/mol. The lowest BCUT2D eigenvalue weighted by atomic mass is 10.3. The Hall–Kier alpha value is -1.32. The van der Waals surface area contributed by atoms with Crippen LogP contribution in [0.25, 0.3) is 0 Å². The van der Waals surface area contributed by atoms with Crippen LogP contribution in [0.5, 0.6) is 5.75 Å². The van der Waals surface area contributed by atoms with Gasteiger partial charge in [0.1, 0.15) is 5.75 Å². The summed E-state index contributed by atoms with van der Waals surface area (Å²) < 4.78 is 66.4. The summed E-state index contributed by atoms with van der Waals surface area (Å²) in [6.45, 7) is 3.22. The van der Waals surface area contributed by atoms with E-state index in [1.54, 1.807) is 0 Å². The molecule has 1 fully saturated rings. The molecule has 2 rings (SSSR count). The van der Waals surface area contributed by atoms with E-state index in [2.05, 4.69) is 14.4 Å². The molecule has 1 aromatic carbocycles. The molecule has 9 heteroatoms. The van der Waals surface area contributed by atoms with E-state index in [-0.39, 0.29) is 4.90 Å². The molecule has 0 radical (unpaired) electrons. The lowest BCUT2D eigenvalue weighted by Gasteiger charge is -2.14. The smallest absolute Gasteiger partial charge is 0.406 e. The van der Waals surface area contributed by atoms with Crippen molar-refractivity contribution < 1.29 is 26.3 Å². The van der Waals surface area contributed by atoms with Gasteiger partial charge in [-0.15, -0.1) is 13.2 Å². The van der Waals surface area contributed by atoms with Gasteiger partial charge in [0.15, 0.2) is 0 Å². The quantitative estimate of drug-likeness (QED) is 0.766. The first-order valence-corrected chi connectivity index (χ1v) is 8.82. The van der Waals surface area contributed by atoms with Crippen LogP contribution in [0.1, 0.15) is 19.3 Å². The molecule has 1 saturated heterocycles. The van der Waals surface area contributed by atoms with E-state index in [1.807, 2.05) is 0 Å². The minimum absolute atomic E-state index is 0.0896. The Bertz CT molecular complexity index is 597. The fourth-order valence-corrected chi connectivity index (χ4v) is 3.49. The van der Waals surface area contributed by atoms with Gasteiger partial charge in [0.2, 0.25) is 10.0 Å². The fourth-order valence-electron chi connectivity index (χ4n) is 2.42. The molecule has 0 atom stereocenters. The van der Waals surface area contributed by atoms with E-state index in [4.69, 9.17) is 0 Å². The highest BCUT2D eigenvalue weighted by Crippen LogP contribution is 2.23. The number of halogens is 3. The second kappa shape index (κ2) is 7.50. The summed E-state index contributed by atoms with van der Waals surface area (Å²) in [5.41, 5.74) is 0. The second-order valence-electron chi connectivity index (χ2n) is 5.32. The number of hydrogen-bond donors (Lipinski definition) is 1. The summed E-state index contributed by atoms with van der Waals surface area (Å²) in [5.74, 6) is -0.453. The van der Waals surface area contributed by atoms with E-state index in [0.717, 1.165) is 43.9 Å². The fraction of sp³-hybridized carbons (Fsp3) is 0.571. The molecule has 130 valence electrons. The van der Waals surface area contributed by atoms with Crippen LogP contribution in [-0.4, -0.2) is 45.9 Å². The van der Waals surface area contributed by atoms with Gasteiger partial charge in [0.05, 0.1) is 4.90 Å². The molecule has 1 heterocycles. The zero-order valence-corrected chi connectivity index (χ0v) is 13.3. The van der Waals surface area contributed by atoms with E-state index in [1.165, 1.54) is 12.8 Å². The Morgan fingerprint density at radius 2 is 1.74 bits per heavy atom. The molecule has 0 unspecified atom stereocenters. The van der Waals surface area contributed by atoms with Crippen molar-refractivity contribution in [3.63, 3.8) is 0 Å². The van der Waals surface area contributed by atoms with Crippen LogP contribution < -0.4 is 9.46 Å². The van der Waals surface area contributed by atoms with E-state index < -0.39 is 22.1 Å². The van der Waals surface area contributed by atoms with Gasteiger partial charge in [-0.3, -0.25) is 0 Å². The monoisotopic (exact) mass is 352 g/mol. The highest BCUT2D eigenvalue weighted by molar-refractivity contribution is 7.89. The molecular weight excluding hydrogens is 333 g/mol. The molecule has 5 nitrogen and oxygen atoms in total. The zero-order chi connectivity index (χ0) is 16.9. The summed E-state index contributed by atoms with van der Waals surface area (Å²) in [6, 6.07) is 4.13. The highest BCUT2D eigenvalue weighted by atomic mass is 32.2. The van der Waals surface area contributed by atoms with Gasteiger partial charge < -0.3 is 9.64 Å². The molecule has 0 bridgehead atoms. The molecule has 0 aromatic heterocycles. The van der Waals surface area contributed by atoms with Gasteiger partial charge in [-0.05, 0) is 63.2 Å². The maximum Gasteiger partial charge on any atom is 0.573 e. The van der Waals surface area contributed by atoms with Crippen LogP contribution in [0.3, 0.4) is 0 Å². The molecule has 23 heavy (non-hydrogen) atoms. The Morgan fingerprint density at radius 1 is 1.13 bits per heavy atom. The van der Waals surface area contributed by atoms with Crippen LogP contribution >= 0.6 is 0 Å². The first-order valence-electron chi connectivity index (χ1n) is 7.34. The van der Waals surface area contributed by atoms with Crippen molar-refractivity contribution in [3.8, 4) is 5.75 Å². The maximum atomic E-state index is 12.1. The molecule has 1 aromatic rings. The minimum Gasteiger partial charge on any atom is -0.406 e. The minimum atomic E-state index is -4.80. The van der Waals surface area contributed by atoms with Crippen LogP contribution in [-0.2, 0) is 10.0 Å². The number of benzene rings is 1. The largest absolute Gasteiger partial charge is 0.573 e. The van der Waals surface area contributed by atoms with Crippen molar-refractivity contribution in [1.82, 2.24) is 9.62 Å². The first-order chi connectivity index (χ1) is 10.8. The molecule has 0 amide bonds. The summed E-state index contributed by atoms with van der Waals surface area (Å²) in [6.07, 6.45) is -1.75. The van der Waals surface area contributed by atoms with Gasteiger partial charge in [-0.1, -0.05) is 0 Å².